The van der Waals surface area contributed by atoms with Crippen molar-refractivity contribution in [3.63, 3.8) is 0 Å². The van der Waals surface area contributed by atoms with Crippen molar-refractivity contribution in [2.75, 3.05) is 29.9 Å². The molecule has 1 aliphatic rings. The second-order valence-electron chi connectivity index (χ2n) is 9.46. The lowest BCUT2D eigenvalue weighted by Gasteiger charge is -2.41. The third-order valence-electron chi connectivity index (χ3n) is 6.70. The lowest BCUT2D eigenvalue weighted by Crippen LogP contribution is -2.53. The average Bonchev–Trinajstić information content (AvgIpc) is 2.87. The molecule has 4 aromatic rings. The number of nitrogens with one attached hydrogen (secondary N) is 1. The van der Waals surface area contributed by atoms with Crippen LogP contribution in [0.4, 0.5) is 11.4 Å². The van der Waals surface area contributed by atoms with Crippen LogP contribution in [-0.4, -0.2) is 47.4 Å². The van der Waals surface area contributed by atoms with E-state index in [2.05, 4.69) is 48.3 Å². The third kappa shape index (κ3) is 4.80. The Morgan fingerprint density at radius 2 is 1.72 bits per heavy atom. The van der Waals surface area contributed by atoms with Crippen LogP contribution in [0, 0.1) is 6.92 Å². The summed E-state index contributed by atoms with van der Waals surface area (Å²) in [6.45, 7) is 7.87. The van der Waals surface area contributed by atoms with Crippen molar-refractivity contribution in [1.82, 2.24) is 9.88 Å². The van der Waals surface area contributed by atoms with E-state index in [9.17, 15) is 9.59 Å². The zero-order valence-electron chi connectivity index (χ0n) is 20.9. The summed E-state index contributed by atoms with van der Waals surface area (Å²) >= 11 is 0. The Labute approximate surface area is 211 Å². The van der Waals surface area contributed by atoms with E-state index in [1.54, 1.807) is 0 Å². The number of rotatable bonds is 4. The summed E-state index contributed by atoms with van der Waals surface area (Å²) in [7, 11) is 0. The molecule has 0 spiro atoms. The van der Waals surface area contributed by atoms with Gasteiger partial charge in [0.05, 0.1) is 16.8 Å². The molecule has 182 valence electrons. The lowest BCUT2D eigenvalue weighted by atomic mass is 10.0. The molecular weight excluding hydrogens is 448 g/mol. The fourth-order valence-corrected chi connectivity index (χ4v) is 4.93. The van der Waals surface area contributed by atoms with E-state index >= 15 is 0 Å². The van der Waals surface area contributed by atoms with Crippen LogP contribution in [0.1, 0.15) is 29.8 Å². The maximum Gasteiger partial charge on any atom is 0.254 e. The van der Waals surface area contributed by atoms with E-state index in [0.29, 0.717) is 18.7 Å². The molecule has 0 aliphatic carbocycles. The molecule has 36 heavy (non-hydrogen) atoms. The van der Waals surface area contributed by atoms with Crippen molar-refractivity contribution in [2.45, 2.75) is 26.8 Å². The van der Waals surface area contributed by atoms with Gasteiger partial charge >= 0.3 is 0 Å². The Balaban J connectivity index is 1.44. The van der Waals surface area contributed by atoms with Gasteiger partial charge in [0, 0.05) is 54.9 Å². The van der Waals surface area contributed by atoms with Crippen LogP contribution in [-0.2, 0) is 4.79 Å². The van der Waals surface area contributed by atoms with Gasteiger partial charge in [0.15, 0.2) is 0 Å². The Morgan fingerprint density at radius 3 is 2.44 bits per heavy atom. The molecular formula is C30H30N4O2. The molecule has 2 heterocycles. The number of piperazine rings is 1. The zero-order valence-corrected chi connectivity index (χ0v) is 20.9. The number of benzene rings is 3. The molecule has 0 unspecified atom stereocenters. The number of para-hydroxylation sites is 1. The number of hydrogen-bond acceptors (Lipinski definition) is 4. The predicted octanol–water partition coefficient (Wildman–Crippen LogP) is 5.52. The smallest absolute Gasteiger partial charge is 0.254 e. The number of hydrogen-bond donors (Lipinski definition) is 1. The summed E-state index contributed by atoms with van der Waals surface area (Å²) in [6, 6.07) is 26.0. The van der Waals surface area contributed by atoms with E-state index in [1.807, 2.05) is 59.5 Å². The molecule has 6 heteroatoms. The van der Waals surface area contributed by atoms with E-state index in [0.717, 1.165) is 34.4 Å². The molecule has 1 aliphatic heterocycles. The summed E-state index contributed by atoms with van der Waals surface area (Å²) < 4.78 is 0. The summed E-state index contributed by atoms with van der Waals surface area (Å²) in [5.41, 5.74) is 6.24. The topological polar surface area (TPSA) is 65.5 Å². The van der Waals surface area contributed by atoms with Gasteiger partial charge in [0.2, 0.25) is 5.91 Å². The second-order valence-corrected chi connectivity index (χ2v) is 9.46. The van der Waals surface area contributed by atoms with Crippen LogP contribution in [0.2, 0.25) is 0 Å². The first kappa shape index (κ1) is 23.5. The van der Waals surface area contributed by atoms with Crippen LogP contribution < -0.4 is 10.2 Å². The van der Waals surface area contributed by atoms with Gasteiger partial charge in [-0.2, -0.15) is 0 Å². The van der Waals surface area contributed by atoms with Crippen molar-refractivity contribution < 1.29 is 9.59 Å². The fourth-order valence-electron chi connectivity index (χ4n) is 4.93. The van der Waals surface area contributed by atoms with Gasteiger partial charge in [0.25, 0.3) is 5.91 Å². The highest BCUT2D eigenvalue weighted by Crippen LogP contribution is 2.28. The van der Waals surface area contributed by atoms with Gasteiger partial charge in [-0.3, -0.25) is 9.59 Å². The number of amides is 2. The first-order chi connectivity index (χ1) is 17.4. The Morgan fingerprint density at radius 1 is 0.944 bits per heavy atom. The fraction of sp³-hybridized carbons (Fsp3) is 0.233. The molecule has 5 rings (SSSR count). The third-order valence-corrected chi connectivity index (χ3v) is 6.70. The predicted molar refractivity (Wildman–Crippen MR) is 145 cm³/mol. The van der Waals surface area contributed by atoms with E-state index in [-0.39, 0.29) is 17.9 Å². The molecule has 1 N–H and O–H groups in total. The van der Waals surface area contributed by atoms with Crippen LogP contribution in [0.5, 0.6) is 0 Å². The number of fused-ring (bicyclic) bond motifs is 1. The summed E-state index contributed by atoms with van der Waals surface area (Å²) in [5.74, 6) is -0.0864. The molecule has 1 atom stereocenters. The van der Waals surface area contributed by atoms with Gasteiger partial charge in [0.1, 0.15) is 0 Å². The number of anilines is 2. The first-order valence-corrected chi connectivity index (χ1v) is 12.3. The SMILES string of the molecule is CC(=O)Nc1ccc(-c2cc(C(=O)N3CCN(c4cccc(C)c4)[C@H](C)C3)c3ccccc3n2)cc1. The summed E-state index contributed by atoms with van der Waals surface area (Å²) in [6.07, 6.45) is 0. The molecule has 0 bridgehead atoms. The monoisotopic (exact) mass is 478 g/mol. The summed E-state index contributed by atoms with van der Waals surface area (Å²) in [5, 5.41) is 3.64. The molecule has 1 saturated heterocycles. The van der Waals surface area contributed by atoms with Crippen molar-refractivity contribution >= 4 is 34.1 Å². The first-order valence-electron chi connectivity index (χ1n) is 12.3. The number of nitrogens with zero attached hydrogens (tertiary/aromatic N) is 3. The summed E-state index contributed by atoms with van der Waals surface area (Å²) in [4.78, 5) is 34.4. The highest BCUT2D eigenvalue weighted by atomic mass is 16.2. The molecule has 1 aromatic heterocycles. The maximum absolute atomic E-state index is 13.8. The Hall–Kier alpha value is -4.19. The van der Waals surface area contributed by atoms with Crippen LogP contribution in [0.3, 0.4) is 0 Å². The Bertz CT molecular complexity index is 1430. The van der Waals surface area contributed by atoms with Gasteiger partial charge in [-0.1, -0.05) is 42.5 Å². The average molecular weight is 479 g/mol. The van der Waals surface area contributed by atoms with Gasteiger partial charge in [-0.15, -0.1) is 0 Å². The van der Waals surface area contributed by atoms with Crippen LogP contribution in [0.25, 0.3) is 22.2 Å². The minimum absolute atomic E-state index is 0.0282. The molecule has 0 saturated carbocycles. The normalized spacial score (nSPS) is 15.7. The van der Waals surface area contributed by atoms with E-state index < -0.39 is 0 Å². The van der Waals surface area contributed by atoms with Crippen molar-refractivity contribution in [3.8, 4) is 11.3 Å². The largest absolute Gasteiger partial charge is 0.365 e. The lowest BCUT2D eigenvalue weighted by molar-refractivity contribution is -0.114. The molecule has 1 fully saturated rings. The second kappa shape index (κ2) is 9.82. The quantitative estimate of drug-likeness (QED) is 0.420. The standard InChI is InChI=1S/C30H30N4O2/c1-20-7-6-8-25(17-20)34-16-15-33(19-21(34)2)30(36)27-18-29(32-28-10-5-4-9-26(27)28)23-11-13-24(14-12-23)31-22(3)35/h4-14,17-18,21H,15-16,19H2,1-3H3,(H,31,35)/t21-/m1/s1. The number of pyridine rings is 1. The number of carbonyl (C=O) groups is 2. The van der Waals surface area contributed by atoms with Crippen LogP contribution in [0.15, 0.2) is 78.9 Å². The van der Waals surface area contributed by atoms with Gasteiger partial charge in [-0.05, 0) is 55.8 Å². The Kier molecular flexibility index (Phi) is 6.42. The highest BCUT2D eigenvalue weighted by molar-refractivity contribution is 6.07. The van der Waals surface area contributed by atoms with E-state index in [4.69, 9.17) is 4.98 Å². The number of aryl methyl sites for hydroxylation is 1. The van der Waals surface area contributed by atoms with Crippen molar-refractivity contribution in [2.24, 2.45) is 0 Å². The maximum atomic E-state index is 13.8. The van der Waals surface area contributed by atoms with Crippen LogP contribution >= 0.6 is 0 Å². The number of carbonyl (C=O) groups excluding carboxylic acids is 2. The van der Waals surface area contributed by atoms with Gasteiger partial charge < -0.3 is 15.1 Å². The highest BCUT2D eigenvalue weighted by Gasteiger charge is 2.28. The van der Waals surface area contributed by atoms with Crippen molar-refractivity contribution in [3.05, 3.63) is 90.0 Å². The molecule has 6 nitrogen and oxygen atoms in total. The number of aromatic nitrogens is 1. The molecule has 2 amide bonds. The molecule has 3 aromatic carbocycles. The van der Waals surface area contributed by atoms with E-state index in [1.165, 1.54) is 18.2 Å². The minimum Gasteiger partial charge on any atom is -0.365 e. The molecule has 0 radical (unpaired) electrons. The van der Waals surface area contributed by atoms with Crippen molar-refractivity contribution in [1.29, 1.82) is 0 Å². The zero-order chi connectivity index (χ0) is 25.2. The minimum atomic E-state index is -0.115. The van der Waals surface area contributed by atoms with Gasteiger partial charge in [-0.25, -0.2) is 4.98 Å².